The van der Waals surface area contributed by atoms with E-state index in [0.29, 0.717) is 11.1 Å². The summed E-state index contributed by atoms with van der Waals surface area (Å²) in [6, 6.07) is 111. The molecule has 0 atom stereocenters. The first kappa shape index (κ1) is 49.1. The van der Waals surface area contributed by atoms with Crippen molar-refractivity contribution in [2.45, 2.75) is 0 Å². The number of fused-ring (bicyclic) bond motifs is 9. The van der Waals surface area contributed by atoms with E-state index in [4.69, 9.17) is 0 Å². The van der Waals surface area contributed by atoms with Crippen LogP contribution in [0, 0.1) is 22.7 Å². The quantitative estimate of drug-likeness (QED) is 0.145. The summed E-state index contributed by atoms with van der Waals surface area (Å²) >= 11 is 0. The lowest BCUT2D eigenvalue weighted by Crippen LogP contribution is -2.02. The average Bonchev–Trinajstić information content (AvgIpc) is 3.39. The minimum Gasteiger partial charge on any atom is -0.309 e. The highest BCUT2D eigenvalue weighted by molar-refractivity contribution is 6.17. The van der Waals surface area contributed by atoms with E-state index in [1.807, 2.05) is 24.3 Å². The van der Waals surface area contributed by atoms with Gasteiger partial charge < -0.3 is 13.7 Å². The number of hydrogen-bond donors (Lipinski definition) is 0. The van der Waals surface area contributed by atoms with Crippen molar-refractivity contribution in [2.75, 3.05) is 0 Å². The van der Waals surface area contributed by atoms with Gasteiger partial charge in [-0.25, -0.2) is 0 Å². The maximum Gasteiger partial charge on any atom is 0.0991 e. The zero-order valence-corrected chi connectivity index (χ0v) is 46.0. The Balaban J connectivity index is 0.987. The molecule has 5 nitrogen and oxygen atoms in total. The maximum atomic E-state index is 10.2. The number of nitriles is 2. The second-order valence-corrected chi connectivity index (χ2v) is 21.8. The van der Waals surface area contributed by atoms with E-state index >= 15 is 0 Å². The molecule has 0 spiro atoms. The first-order valence-electron chi connectivity index (χ1n) is 28.7. The van der Waals surface area contributed by atoms with Gasteiger partial charge in [0, 0.05) is 49.4 Å². The standard InChI is InChI=1S/C80H49N5/c81-50-52-32-36-57(37-33-52)78-76(55-20-6-2-7-21-55)75(54-18-4-1-5-19-54)77(56-22-8-3-9-23-56)79(58-38-34-53(51-82)35-39-58)80(78)59-40-42-60(43-41-59)83-73-46-44-61(84-69-28-14-10-24-63(69)64-25-11-15-29-70(64)84)48-67(73)68-49-62(45-47-74(68)83)85-71-30-16-12-26-65(71)66-27-13-17-31-72(66)85/h1-49H. The fourth-order valence-electron chi connectivity index (χ4n) is 13.5. The van der Waals surface area contributed by atoms with Gasteiger partial charge in [0.2, 0.25) is 0 Å². The molecular formula is C80H49N5. The molecule has 0 unspecified atom stereocenters. The molecule has 0 saturated carbocycles. The monoisotopic (exact) mass is 1080 g/mol. The highest BCUT2D eigenvalue weighted by Crippen LogP contribution is 2.56. The van der Waals surface area contributed by atoms with Crippen LogP contribution in [0.5, 0.6) is 0 Å². The molecule has 0 bridgehead atoms. The summed E-state index contributed by atoms with van der Waals surface area (Å²) in [7, 11) is 0. The number of benzene rings is 13. The van der Waals surface area contributed by atoms with Gasteiger partial charge >= 0.3 is 0 Å². The van der Waals surface area contributed by atoms with Crippen LogP contribution in [0.15, 0.2) is 297 Å². The third-order valence-electron chi connectivity index (χ3n) is 17.1. The Bertz CT molecular complexity index is 4980. The molecular weight excluding hydrogens is 1030 g/mol. The third kappa shape index (κ3) is 7.91. The van der Waals surface area contributed by atoms with E-state index < -0.39 is 0 Å². The van der Waals surface area contributed by atoms with Crippen LogP contribution < -0.4 is 0 Å². The molecule has 5 heteroatoms. The van der Waals surface area contributed by atoms with E-state index in [-0.39, 0.29) is 0 Å². The van der Waals surface area contributed by atoms with Gasteiger partial charge in [-0.15, -0.1) is 0 Å². The van der Waals surface area contributed by atoms with Crippen LogP contribution in [0.1, 0.15) is 11.1 Å². The van der Waals surface area contributed by atoms with Crippen molar-refractivity contribution in [3.8, 4) is 96.0 Å². The van der Waals surface area contributed by atoms with Crippen molar-refractivity contribution in [3.05, 3.63) is 308 Å². The number of para-hydroxylation sites is 4. The summed E-state index contributed by atoms with van der Waals surface area (Å²) in [5, 5.41) is 27.5. The Labute approximate surface area is 491 Å². The van der Waals surface area contributed by atoms with Gasteiger partial charge in [-0.3, -0.25) is 0 Å². The lowest BCUT2D eigenvalue weighted by molar-refractivity contribution is 1.16. The Morgan fingerprint density at radius 1 is 0.200 bits per heavy atom. The Morgan fingerprint density at radius 3 is 0.741 bits per heavy atom. The van der Waals surface area contributed by atoms with E-state index in [9.17, 15) is 10.5 Å². The van der Waals surface area contributed by atoms with Crippen molar-refractivity contribution >= 4 is 65.4 Å². The zero-order valence-electron chi connectivity index (χ0n) is 46.0. The molecule has 394 valence electrons. The van der Waals surface area contributed by atoms with E-state index in [1.165, 1.54) is 21.5 Å². The lowest BCUT2D eigenvalue weighted by Gasteiger charge is -2.29. The predicted molar refractivity (Wildman–Crippen MR) is 352 cm³/mol. The van der Waals surface area contributed by atoms with Crippen molar-refractivity contribution in [1.82, 2.24) is 13.7 Å². The smallest absolute Gasteiger partial charge is 0.0991 e. The predicted octanol–water partition coefficient (Wildman–Crippen LogP) is 20.7. The molecule has 3 heterocycles. The van der Waals surface area contributed by atoms with Crippen LogP contribution in [0.4, 0.5) is 0 Å². The van der Waals surface area contributed by atoms with Gasteiger partial charge in [0.15, 0.2) is 0 Å². The Hall–Kier alpha value is -11.8. The second kappa shape index (κ2) is 20.0. The molecule has 13 aromatic carbocycles. The summed E-state index contributed by atoms with van der Waals surface area (Å²) in [5.41, 5.74) is 23.7. The minimum absolute atomic E-state index is 0.586. The molecule has 0 fully saturated rings. The first-order chi connectivity index (χ1) is 42.1. The molecule has 0 radical (unpaired) electrons. The second-order valence-electron chi connectivity index (χ2n) is 21.8. The molecule has 0 amide bonds. The summed E-state index contributed by atoms with van der Waals surface area (Å²) in [4.78, 5) is 0. The first-order valence-corrected chi connectivity index (χ1v) is 28.7. The van der Waals surface area contributed by atoms with Gasteiger partial charge in [-0.05, 0) is 164 Å². The number of rotatable bonds is 9. The molecule has 0 aliphatic heterocycles. The van der Waals surface area contributed by atoms with Gasteiger partial charge in [-0.1, -0.05) is 200 Å². The zero-order chi connectivity index (χ0) is 56.5. The number of nitrogens with zero attached hydrogens (tertiary/aromatic N) is 5. The Kier molecular flexibility index (Phi) is 11.6. The molecule has 0 aliphatic carbocycles. The van der Waals surface area contributed by atoms with Crippen LogP contribution in [0.3, 0.4) is 0 Å². The Morgan fingerprint density at radius 2 is 0.435 bits per heavy atom. The number of hydrogen-bond acceptors (Lipinski definition) is 2. The van der Waals surface area contributed by atoms with E-state index in [0.717, 1.165) is 128 Å². The molecule has 3 aromatic heterocycles. The topological polar surface area (TPSA) is 62.4 Å². The van der Waals surface area contributed by atoms with Crippen molar-refractivity contribution < 1.29 is 0 Å². The fourth-order valence-corrected chi connectivity index (χ4v) is 13.5. The maximum absolute atomic E-state index is 10.2. The van der Waals surface area contributed by atoms with Gasteiger partial charge in [0.1, 0.15) is 0 Å². The van der Waals surface area contributed by atoms with Crippen LogP contribution in [-0.4, -0.2) is 13.7 Å². The number of aromatic nitrogens is 3. The van der Waals surface area contributed by atoms with Crippen LogP contribution >= 0.6 is 0 Å². The van der Waals surface area contributed by atoms with Crippen molar-refractivity contribution in [2.24, 2.45) is 0 Å². The van der Waals surface area contributed by atoms with Gasteiger partial charge in [-0.2, -0.15) is 10.5 Å². The minimum atomic E-state index is 0.586. The summed E-state index contributed by atoms with van der Waals surface area (Å²) in [6.07, 6.45) is 0. The van der Waals surface area contributed by atoms with Crippen molar-refractivity contribution in [3.63, 3.8) is 0 Å². The normalized spacial score (nSPS) is 11.5. The summed E-state index contributed by atoms with van der Waals surface area (Å²) in [5.74, 6) is 0. The van der Waals surface area contributed by atoms with Crippen LogP contribution in [-0.2, 0) is 0 Å². The average molecular weight is 1080 g/mol. The highest BCUT2D eigenvalue weighted by atomic mass is 15.0. The molecule has 0 N–H and O–H groups in total. The highest BCUT2D eigenvalue weighted by Gasteiger charge is 2.30. The van der Waals surface area contributed by atoms with Crippen LogP contribution in [0.25, 0.3) is 149 Å². The van der Waals surface area contributed by atoms with E-state index in [1.54, 1.807) is 0 Å². The van der Waals surface area contributed by atoms with Crippen molar-refractivity contribution in [1.29, 1.82) is 10.5 Å². The third-order valence-corrected chi connectivity index (χ3v) is 17.1. The van der Waals surface area contributed by atoms with Gasteiger partial charge in [0.25, 0.3) is 0 Å². The molecule has 16 aromatic rings. The van der Waals surface area contributed by atoms with Crippen LogP contribution in [0.2, 0.25) is 0 Å². The molecule has 16 rings (SSSR count). The summed E-state index contributed by atoms with van der Waals surface area (Å²) in [6.45, 7) is 0. The lowest BCUT2D eigenvalue weighted by atomic mass is 9.74. The molecule has 0 aliphatic rings. The van der Waals surface area contributed by atoms with E-state index in [2.05, 4.69) is 299 Å². The molecule has 0 saturated heterocycles. The fraction of sp³-hybridized carbons (Fsp3) is 0. The summed E-state index contributed by atoms with van der Waals surface area (Å²) < 4.78 is 7.24. The SMILES string of the molecule is N#Cc1ccc(-c2c(-c3ccccc3)c(-c3ccccc3)c(-c3ccccc3)c(-c3ccc(C#N)cc3)c2-c2ccc(-n3c4ccc(-n5c6ccccc6c6ccccc65)cc4c4cc(-n5c6ccccc6c6ccccc65)ccc43)cc2)cc1. The largest absolute Gasteiger partial charge is 0.309 e. The van der Waals surface area contributed by atoms with Gasteiger partial charge in [0.05, 0.1) is 56.4 Å². The molecule has 85 heavy (non-hydrogen) atoms.